The normalized spacial score (nSPS) is 20.4. The van der Waals surface area contributed by atoms with Gasteiger partial charge in [0.05, 0.1) is 17.8 Å². The number of nitrogens with zero attached hydrogens (tertiary/aromatic N) is 1. The van der Waals surface area contributed by atoms with E-state index in [1.807, 2.05) is 18.2 Å². The summed E-state index contributed by atoms with van der Waals surface area (Å²) >= 11 is 1.75. The minimum atomic E-state index is -0.0968. The van der Waals surface area contributed by atoms with Crippen LogP contribution in [0.4, 0.5) is 5.69 Å². The van der Waals surface area contributed by atoms with Crippen LogP contribution < -0.4 is 10.6 Å². The number of carbonyl (C=O) groups excluding carboxylic acids is 2. The van der Waals surface area contributed by atoms with Crippen molar-refractivity contribution < 1.29 is 9.59 Å². The van der Waals surface area contributed by atoms with E-state index in [1.54, 1.807) is 17.4 Å². The second-order valence-corrected chi connectivity index (χ2v) is 8.67. The smallest absolute Gasteiger partial charge is 0.253 e. The van der Waals surface area contributed by atoms with Crippen molar-refractivity contribution in [1.29, 1.82) is 0 Å². The molecule has 2 aromatic rings. The molecule has 6 heteroatoms. The Hall–Kier alpha value is -2.18. The quantitative estimate of drug-likeness (QED) is 0.768. The fourth-order valence-corrected chi connectivity index (χ4v) is 5.21. The van der Waals surface area contributed by atoms with Crippen molar-refractivity contribution in [3.63, 3.8) is 0 Å². The summed E-state index contributed by atoms with van der Waals surface area (Å²) in [6.45, 7) is 1.28. The molecule has 4 rings (SSSR count). The van der Waals surface area contributed by atoms with Crippen LogP contribution in [0.2, 0.25) is 0 Å². The highest BCUT2D eigenvalue weighted by Crippen LogP contribution is 2.34. The summed E-state index contributed by atoms with van der Waals surface area (Å²) in [7, 11) is 0. The van der Waals surface area contributed by atoms with Gasteiger partial charge in [-0.1, -0.05) is 31.0 Å². The maximum absolute atomic E-state index is 12.7. The number of hydrogen-bond acceptors (Lipinski definition) is 4. The topological polar surface area (TPSA) is 61.4 Å². The van der Waals surface area contributed by atoms with Gasteiger partial charge in [0.2, 0.25) is 5.91 Å². The lowest BCUT2D eigenvalue weighted by Crippen LogP contribution is -2.35. The highest BCUT2D eigenvalue weighted by atomic mass is 32.1. The van der Waals surface area contributed by atoms with Crippen molar-refractivity contribution in [1.82, 2.24) is 10.2 Å². The molecule has 148 valence electrons. The molecule has 1 aliphatic heterocycles. The highest BCUT2D eigenvalue weighted by molar-refractivity contribution is 7.10. The van der Waals surface area contributed by atoms with Crippen LogP contribution >= 0.6 is 11.3 Å². The summed E-state index contributed by atoms with van der Waals surface area (Å²) < 4.78 is 0. The van der Waals surface area contributed by atoms with Gasteiger partial charge in [0.1, 0.15) is 0 Å². The molecular weight excluding hydrogens is 370 g/mol. The number of nitrogens with one attached hydrogen (secondary N) is 2. The fraction of sp³-hybridized carbons (Fsp3) is 0.455. The monoisotopic (exact) mass is 397 g/mol. The molecule has 1 aliphatic carbocycles. The Morgan fingerprint density at radius 1 is 1.04 bits per heavy atom. The zero-order chi connectivity index (χ0) is 19.3. The Labute approximate surface area is 170 Å². The van der Waals surface area contributed by atoms with Gasteiger partial charge in [-0.15, -0.1) is 11.3 Å². The Balaban J connectivity index is 1.39. The molecule has 1 saturated carbocycles. The average Bonchev–Trinajstić information content (AvgIpc) is 3.44. The highest BCUT2D eigenvalue weighted by Gasteiger charge is 2.28. The van der Waals surface area contributed by atoms with Gasteiger partial charge in [0.15, 0.2) is 0 Å². The van der Waals surface area contributed by atoms with Gasteiger partial charge in [-0.2, -0.15) is 0 Å². The Morgan fingerprint density at radius 3 is 2.64 bits per heavy atom. The van der Waals surface area contributed by atoms with E-state index in [2.05, 4.69) is 33.0 Å². The maximum Gasteiger partial charge on any atom is 0.253 e. The summed E-state index contributed by atoms with van der Waals surface area (Å²) in [4.78, 5) is 29.0. The first-order chi connectivity index (χ1) is 13.7. The summed E-state index contributed by atoms with van der Waals surface area (Å²) in [5, 5.41) is 8.17. The van der Waals surface area contributed by atoms with E-state index >= 15 is 0 Å². The third-order valence-corrected chi connectivity index (χ3v) is 6.69. The molecule has 1 aromatic carbocycles. The molecule has 28 heavy (non-hydrogen) atoms. The van der Waals surface area contributed by atoms with Gasteiger partial charge in [-0.05, 0) is 55.8 Å². The predicted molar refractivity (Wildman–Crippen MR) is 113 cm³/mol. The van der Waals surface area contributed by atoms with Gasteiger partial charge in [0.25, 0.3) is 5.91 Å². The minimum absolute atomic E-state index is 0.0652. The van der Waals surface area contributed by atoms with Gasteiger partial charge in [-0.3, -0.25) is 14.5 Å². The Morgan fingerprint density at radius 2 is 1.86 bits per heavy atom. The van der Waals surface area contributed by atoms with Crippen molar-refractivity contribution in [2.24, 2.45) is 0 Å². The van der Waals surface area contributed by atoms with Crippen LogP contribution in [0, 0.1) is 0 Å². The number of hydrogen-bond donors (Lipinski definition) is 2. The lowest BCUT2D eigenvalue weighted by Gasteiger charge is -2.23. The third-order valence-electron chi connectivity index (χ3n) is 5.72. The molecule has 1 aromatic heterocycles. The number of carbonyl (C=O) groups is 2. The minimum Gasteiger partial charge on any atom is -0.349 e. The summed E-state index contributed by atoms with van der Waals surface area (Å²) in [5.41, 5.74) is 1.13. The predicted octanol–water partition coefficient (Wildman–Crippen LogP) is 4.20. The van der Waals surface area contributed by atoms with E-state index < -0.39 is 0 Å². The third kappa shape index (κ3) is 4.45. The lowest BCUT2D eigenvalue weighted by atomic mass is 10.1. The molecule has 2 amide bonds. The number of anilines is 1. The summed E-state index contributed by atoms with van der Waals surface area (Å²) in [6, 6.07) is 12.1. The SMILES string of the molecule is O=C(CN1CCC[C@H]1c1cccs1)Nc1ccccc1C(=O)NC1CCCC1. The molecule has 2 N–H and O–H groups in total. The van der Waals surface area contributed by atoms with E-state index in [0.29, 0.717) is 23.8 Å². The van der Waals surface area contributed by atoms with Crippen LogP contribution in [0.15, 0.2) is 41.8 Å². The number of rotatable bonds is 6. The molecule has 0 spiro atoms. The van der Waals surface area contributed by atoms with Gasteiger partial charge in [0, 0.05) is 17.0 Å². The molecule has 1 atom stereocenters. The molecule has 2 fully saturated rings. The Bertz CT molecular complexity index is 815. The van der Waals surface area contributed by atoms with Crippen molar-refractivity contribution in [2.45, 2.75) is 50.6 Å². The van der Waals surface area contributed by atoms with E-state index in [4.69, 9.17) is 0 Å². The van der Waals surface area contributed by atoms with E-state index in [9.17, 15) is 9.59 Å². The molecule has 0 unspecified atom stereocenters. The van der Waals surface area contributed by atoms with E-state index in [1.165, 1.54) is 17.7 Å². The number of likely N-dealkylation sites (tertiary alicyclic amines) is 1. The zero-order valence-corrected chi connectivity index (χ0v) is 16.8. The summed E-state index contributed by atoms with van der Waals surface area (Å²) in [6.07, 6.45) is 6.62. The van der Waals surface area contributed by atoms with Crippen LogP contribution in [-0.4, -0.2) is 35.8 Å². The average molecular weight is 398 g/mol. The zero-order valence-electron chi connectivity index (χ0n) is 16.0. The van der Waals surface area contributed by atoms with Crippen LogP contribution in [0.25, 0.3) is 0 Å². The molecule has 2 heterocycles. The van der Waals surface area contributed by atoms with Gasteiger partial charge < -0.3 is 10.6 Å². The molecule has 1 saturated heterocycles. The van der Waals surface area contributed by atoms with Crippen molar-refractivity contribution in [2.75, 3.05) is 18.4 Å². The van der Waals surface area contributed by atoms with Crippen molar-refractivity contribution in [3.8, 4) is 0 Å². The lowest BCUT2D eigenvalue weighted by molar-refractivity contribution is -0.117. The molecule has 2 aliphatic rings. The standard InChI is InChI=1S/C22H27N3O2S/c26-21(15-25-13-5-11-19(25)20-12-6-14-28-20)24-18-10-4-3-9-17(18)22(27)23-16-7-1-2-8-16/h3-4,6,9-10,12,14,16,19H,1-2,5,7-8,11,13,15H2,(H,23,27)(H,24,26)/t19-/m0/s1. The van der Waals surface area contributed by atoms with Crippen molar-refractivity contribution >= 4 is 28.8 Å². The van der Waals surface area contributed by atoms with Crippen molar-refractivity contribution in [3.05, 3.63) is 52.2 Å². The number of amides is 2. The van der Waals surface area contributed by atoms with E-state index in [-0.39, 0.29) is 17.9 Å². The second kappa shape index (κ2) is 8.88. The molecular formula is C22H27N3O2S. The molecule has 0 radical (unpaired) electrons. The van der Waals surface area contributed by atoms with Crippen LogP contribution in [0.3, 0.4) is 0 Å². The number of para-hydroxylation sites is 1. The van der Waals surface area contributed by atoms with Gasteiger partial charge in [-0.25, -0.2) is 0 Å². The second-order valence-electron chi connectivity index (χ2n) is 7.69. The maximum atomic E-state index is 12.7. The first kappa shape index (κ1) is 19.2. The van der Waals surface area contributed by atoms with Crippen LogP contribution in [0.1, 0.15) is 59.8 Å². The fourth-order valence-electron chi connectivity index (χ4n) is 4.32. The number of benzene rings is 1. The first-order valence-electron chi connectivity index (χ1n) is 10.2. The molecule has 5 nitrogen and oxygen atoms in total. The Kier molecular flexibility index (Phi) is 6.07. The largest absolute Gasteiger partial charge is 0.349 e. The van der Waals surface area contributed by atoms with Gasteiger partial charge >= 0.3 is 0 Å². The summed E-state index contributed by atoms with van der Waals surface area (Å²) in [5.74, 6) is -0.162. The van der Waals surface area contributed by atoms with Crippen LogP contribution in [0.5, 0.6) is 0 Å². The first-order valence-corrected chi connectivity index (χ1v) is 11.1. The van der Waals surface area contributed by atoms with E-state index in [0.717, 1.165) is 32.2 Å². The number of thiophene rings is 1. The van der Waals surface area contributed by atoms with Crippen LogP contribution in [-0.2, 0) is 4.79 Å². The molecule has 0 bridgehead atoms.